The molecule has 2 unspecified atom stereocenters. The Hall–Kier alpha value is -0.820. The highest BCUT2D eigenvalue weighted by molar-refractivity contribution is 5.25. The maximum absolute atomic E-state index is 6.04. The zero-order valence-corrected chi connectivity index (χ0v) is 10.9. The van der Waals surface area contributed by atoms with Gasteiger partial charge in [0, 0.05) is 6.04 Å². The van der Waals surface area contributed by atoms with Gasteiger partial charge in [0.05, 0.1) is 0 Å². The second-order valence-electron chi connectivity index (χ2n) is 4.80. The second kappa shape index (κ2) is 6.70. The molecule has 0 saturated carbocycles. The lowest BCUT2D eigenvalue weighted by Crippen LogP contribution is -2.22. The minimum absolute atomic E-state index is 0.319. The monoisotopic (exact) mass is 219 g/mol. The summed E-state index contributed by atoms with van der Waals surface area (Å²) >= 11 is 0. The summed E-state index contributed by atoms with van der Waals surface area (Å²) in [5.74, 6) is 0.665. The predicted octanol–water partition coefficient (Wildman–Crippen LogP) is 3.87. The zero-order chi connectivity index (χ0) is 12.0. The first-order valence-electron chi connectivity index (χ1n) is 6.51. The Morgan fingerprint density at radius 3 is 2.25 bits per heavy atom. The molecule has 0 heterocycles. The predicted molar refractivity (Wildman–Crippen MR) is 71.7 cm³/mol. The Bertz CT molecular complexity index is 289. The normalized spacial score (nSPS) is 14.8. The van der Waals surface area contributed by atoms with E-state index in [2.05, 4.69) is 45.0 Å². The lowest BCUT2D eigenvalue weighted by atomic mass is 9.95. The van der Waals surface area contributed by atoms with E-state index in [0.29, 0.717) is 12.0 Å². The van der Waals surface area contributed by atoms with Crippen LogP contribution in [0.2, 0.25) is 0 Å². The van der Waals surface area contributed by atoms with Crippen molar-refractivity contribution in [3.8, 4) is 0 Å². The molecule has 0 fully saturated rings. The molecule has 0 radical (unpaired) electrons. The van der Waals surface area contributed by atoms with Crippen LogP contribution in [0.3, 0.4) is 0 Å². The molecule has 0 aliphatic carbocycles. The van der Waals surface area contributed by atoms with Crippen molar-refractivity contribution in [1.82, 2.24) is 0 Å². The Morgan fingerprint density at radius 1 is 1.12 bits per heavy atom. The summed E-state index contributed by atoms with van der Waals surface area (Å²) in [4.78, 5) is 0. The highest BCUT2D eigenvalue weighted by Gasteiger charge is 2.05. The molecular formula is C15H25N. The van der Waals surface area contributed by atoms with Gasteiger partial charge in [-0.1, -0.05) is 51.5 Å². The molecule has 0 aliphatic rings. The van der Waals surface area contributed by atoms with Crippen molar-refractivity contribution in [3.63, 3.8) is 0 Å². The lowest BCUT2D eigenvalue weighted by Gasteiger charge is -2.12. The van der Waals surface area contributed by atoms with Crippen LogP contribution < -0.4 is 5.73 Å². The van der Waals surface area contributed by atoms with E-state index in [1.807, 2.05) is 0 Å². The molecule has 0 aromatic heterocycles. The van der Waals surface area contributed by atoms with Crippen molar-refractivity contribution in [2.45, 2.75) is 58.4 Å². The third-order valence-electron chi connectivity index (χ3n) is 3.32. The summed E-state index contributed by atoms with van der Waals surface area (Å²) in [7, 11) is 0. The fourth-order valence-corrected chi connectivity index (χ4v) is 1.99. The van der Waals surface area contributed by atoms with Crippen LogP contribution in [0.5, 0.6) is 0 Å². The van der Waals surface area contributed by atoms with Gasteiger partial charge in [-0.15, -0.1) is 0 Å². The van der Waals surface area contributed by atoms with E-state index in [1.54, 1.807) is 0 Å². The summed E-state index contributed by atoms with van der Waals surface area (Å²) < 4.78 is 0. The van der Waals surface area contributed by atoms with Gasteiger partial charge < -0.3 is 5.73 Å². The van der Waals surface area contributed by atoms with E-state index in [-0.39, 0.29) is 0 Å². The average molecular weight is 219 g/mol. The third kappa shape index (κ3) is 3.97. The van der Waals surface area contributed by atoms with E-state index in [9.17, 15) is 0 Å². The molecule has 2 atom stereocenters. The summed E-state index contributed by atoms with van der Waals surface area (Å²) in [6.45, 7) is 6.69. The minimum Gasteiger partial charge on any atom is -0.327 e. The first-order valence-corrected chi connectivity index (χ1v) is 6.51. The van der Waals surface area contributed by atoms with Crippen LogP contribution in [-0.2, 0) is 6.42 Å². The summed E-state index contributed by atoms with van der Waals surface area (Å²) in [6, 6.07) is 9.29. The van der Waals surface area contributed by atoms with Gasteiger partial charge in [-0.25, -0.2) is 0 Å². The summed E-state index contributed by atoms with van der Waals surface area (Å²) in [5, 5.41) is 0. The maximum atomic E-state index is 6.04. The quantitative estimate of drug-likeness (QED) is 0.772. The van der Waals surface area contributed by atoms with E-state index in [1.165, 1.54) is 24.0 Å². The molecule has 0 amide bonds. The Morgan fingerprint density at radius 2 is 1.75 bits per heavy atom. The molecule has 0 aliphatic heterocycles. The smallest absolute Gasteiger partial charge is 0.00792 e. The van der Waals surface area contributed by atoms with Gasteiger partial charge in [0.25, 0.3) is 0 Å². The number of benzene rings is 1. The van der Waals surface area contributed by atoms with Crippen LogP contribution >= 0.6 is 0 Å². The highest BCUT2D eigenvalue weighted by Crippen LogP contribution is 2.19. The number of rotatable bonds is 6. The van der Waals surface area contributed by atoms with E-state index in [0.717, 1.165) is 12.8 Å². The molecular weight excluding hydrogens is 194 g/mol. The van der Waals surface area contributed by atoms with E-state index in [4.69, 9.17) is 5.73 Å². The highest BCUT2D eigenvalue weighted by atomic mass is 14.6. The molecule has 1 nitrogen and oxygen atoms in total. The topological polar surface area (TPSA) is 26.0 Å². The summed E-state index contributed by atoms with van der Waals surface area (Å²) in [5.41, 5.74) is 8.85. The molecule has 1 aromatic rings. The fraction of sp³-hybridized carbons (Fsp3) is 0.600. The molecule has 90 valence electrons. The fourth-order valence-electron chi connectivity index (χ4n) is 1.99. The van der Waals surface area contributed by atoms with Crippen molar-refractivity contribution in [3.05, 3.63) is 35.4 Å². The zero-order valence-electron chi connectivity index (χ0n) is 10.9. The Balaban J connectivity index is 2.57. The van der Waals surface area contributed by atoms with Crippen LogP contribution in [0.25, 0.3) is 0 Å². The van der Waals surface area contributed by atoms with Crippen LogP contribution in [0.4, 0.5) is 0 Å². The molecule has 1 rings (SSSR count). The number of nitrogens with two attached hydrogens (primary N) is 1. The number of hydrogen-bond donors (Lipinski definition) is 1. The summed E-state index contributed by atoms with van der Waals surface area (Å²) in [6.07, 6.45) is 4.50. The van der Waals surface area contributed by atoms with Crippen molar-refractivity contribution >= 4 is 0 Å². The molecule has 2 N–H and O–H groups in total. The average Bonchev–Trinajstić information content (AvgIpc) is 2.29. The first kappa shape index (κ1) is 13.2. The largest absolute Gasteiger partial charge is 0.327 e. The number of hydrogen-bond acceptors (Lipinski definition) is 1. The molecule has 1 aromatic carbocycles. The van der Waals surface area contributed by atoms with Gasteiger partial charge in [-0.05, 0) is 36.3 Å². The Labute approximate surface area is 100 Å². The second-order valence-corrected chi connectivity index (χ2v) is 4.80. The van der Waals surface area contributed by atoms with Gasteiger partial charge in [0.1, 0.15) is 0 Å². The van der Waals surface area contributed by atoms with Crippen molar-refractivity contribution in [1.29, 1.82) is 0 Å². The van der Waals surface area contributed by atoms with E-state index < -0.39 is 0 Å². The van der Waals surface area contributed by atoms with Gasteiger partial charge in [0.2, 0.25) is 0 Å². The molecule has 16 heavy (non-hydrogen) atoms. The third-order valence-corrected chi connectivity index (χ3v) is 3.32. The SMILES string of the molecule is CCCC(N)Cc1ccc(C(C)CC)cc1. The van der Waals surface area contributed by atoms with Gasteiger partial charge in [0.15, 0.2) is 0 Å². The van der Waals surface area contributed by atoms with Crippen molar-refractivity contribution in [2.75, 3.05) is 0 Å². The molecule has 0 bridgehead atoms. The Kier molecular flexibility index (Phi) is 5.54. The van der Waals surface area contributed by atoms with Gasteiger partial charge in [-0.3, -0.25) is 0 Å². The standard InChI is InChI=1S/C15H25N/c1-4-6-15(16)11-13-7-9-14(10-8-13)12(3)5-2/h7-10,12,15H,4-6,11,16H2,1-3H3. The van der Waals surface area contributed by atoms with Crippen molar-refractivity contribution < 1.29 is 0 Å². The minimum atomic E-state index is 0.319. The van der Waals surface area contributed by atoms with Crippen LogP contribution in [0.1, 0.15) is 57.1 Å². The first-order chi connectivity index (χ1) is 7.67. The lowest BCUT2D eigenvalue weighted by molar-refractivity contribution is 0.600. The van der Waals surface area contributed by atoms with Crippen LogP contribution in [0.15, 0.2) is 24.3 Å². The van der Waals surface area contributed by atoms with Crippen LogP contribution in [-0.4, -0.2) is 6.04 Å². The molecule has 1 heteroatoms. The van der Waals surface area contributed by atoms with Gasteiger partial charge >= 0.3 is 0 Å². The molecule has 0 saturated heterocycles. The van der Waals surface area contributed by atoms with E-state index >= 15 is 0 Å². The van der Waals surface area contributed by atoms with Crippen molar-refractivity contribution in [2.24, 2.45) is 5.73 Å². The van der Waals surface area contributed by atoms with Crippen LogP contribution in [0, 0.1) is 0 Å². The maximum Gasteiger partial charge on any atom is 0.00792 e. The van der Waals surface area contributed by atoms with Gasteiger partial charge in [-0.2, -0.15) is 0 Å². The molecule has 0 spiro atoms.